The molecule has 0 bridgehead atoms. The predicted octanol–water partition coefficient (Wildman–Crippen LogP) is 3.48. The molecule has 1 aromatic carbocycles. The van der Waals surface area contributed by atoms with Crippen molar-refractivity contribution in [1.29, 1.82) is 0 Å². The van der Waals surface area contributed by atoms with E-state index in [1.54, 1.807) is 11.9 Å². The lowest BCUT2D eigenvalue weighted by atomic mass is 10.1. The van der Waals surface area contributed by atoms with Crippen LogP contribution < -0.4 is 0 Å². The maximum absolute atomic E-state index is 12.3. The first-order chi connectivity index (χ1) is 8.86. The van der Waals surface area contributed by atoms with Crippen molar-refractivity contribution < 1.29 is 9.72 Å². The quantitative estimate of drug-likeness (QED) is 0.614. The van der Waals surface area contributed by atoms with Gasteiger partial charge in [-0.25, -0.2) is 0 Å². The number of non-ortho nitro benzene ring substituents is 1. The van der Waals surface area contributed by atoms with Crippen LogP contribution in [0.15, 0.2) is 22.7 Å². The third-order valence-electron chi connectivity index (χ3n) is 3.02. The van der Waals surface area contributed by atoms with E-state index < -0.39 is 4.92 Å². The highest BCUT2D eigenvalue weighted by Crippen LogP contribution is 2.24. The van der Waals surface area contributed by atoms with Gasteiger partial charge in [-0.1, -0.05) is 20.3 Å². The molecule has 0 aromatic heterocycles. The Hall–Kier alpha value is -1.43. The van der Waals surface area contributed by atoms with Crippen molar-refractivity contribution >= 4 is 27.5 Å². The van der Waals surface area contributed by atoms with Crippen molar-refractivity contribution in [1.82, 2.24) is 4.90 Å². The number of nitro benzene ring substituents is 1. The number of carbonyl (C=O) groups is 1. The molecule has 19 heavy (non-hydrogen) atoms. The van der Waals surface area contributed by atoms with E-state index in [0.717, 1.165) is 6.42 Å². The van der Waals surface area contributed by atoms with Crippen LogP contribution in [0.4, 0.5) is 5.69 Å². The van der Waals surface area contributed by atoms with Gasteiger partial charge < -0.3 is 4.90 Å². The standard InChI is InChI=1S/C13H17BrN2O3/c1-4-9(2)8-15(3)13(17)11-7-10(16(18)19)5-6-12(11)14/h5-7,9H,4,8H2,1-3H3. The van der Waals surface area contributed by atoms with Crippen molar-refractivity contribution in [3.8, 4) is 0 Å². The van der Waals surface area contributed by atoms with Crippen LogP contribution >= 0.6 is 15.9 Å². The number of amides is 1. The first-order valence-electron chi connectivity index (χ1n) is 6.06. The predicted molar refractivity (Wildman–Crippen MR) is 77.2 cm³/mol. The lowest BCUT2D eigenvalue weighted by molar-refractivity contribution is -0.384. The van der Waals surface area contributed by atoms with Crippen LogP contribution in [0.3, 0.4) is 0 Å². The topological polar surface area (TPSA) is 63.5 Å². The molecule has 1 unspecified atom stereocenters. The lowest BCUT2D eigenvalue weighted by Crippen LogP contribution is -2.31. The lowest BCUT2D eigenvalue weighted by Gasteiger charge is -2.21. The molecule has 0 fully saturated rings. The van der Waals surface area contributed by atoms with Crippen molar-refractivity contribution in [2.75, 3.05) is 13.6 Å². The molecule has 1 rings (SSSR count). The number of benzene rings is 1. The molecule has 1 atom stereocenters. The van der Waals surface area contributed by atoms with E-state index in [4.69, 9.17) is 0 Å². The van der Waals surface area contributed by atoms with E-state index in [1.165, 1.54) is 18.2 Å². The maximum Gasteiger partial charge on any atom is 0.270 e. The summed E-state index contributed by atoms with van der Waals surface area (Å²) < 4.78 is 0.569. The van der Waals surface area contributed by atoms with Crippen molar-refractivity contribution in [3.63, 3.8) is 0 Å². The average Bonchev–Trinajstić information content (AvgIpc) is 2.37. The zero-order valence-electron chi connectivity index (χ0n) is 11.2. The Kier molecular flexibility index (Phi) is 5.47. The van der Waals surface area contributed by atoms with E-state index in [1.807, 2.05) is 0 Å². The second-order valence-electron chi connectivity index (χ2n) is 4.62. The molecule has 0 saturated heterocycles. The van der Waals surface area contributed by atoms with Crippen molar-refractivity contribution in [2.45, 2.75) is 20.3 Å². The SMILES string of the molecule is CCC(C)CN(C)C(=O)c1cc([N+](=O)[O-])ccc1Br. The minimum Gasteiger partial charge on any atom is -0.341 e. The van der Waals surface area contributed by atoms with Gasteiger partial charge in [0.05, 0.1) is 10.5 Å². The summed E-state index contributed by atoms with van der Waals surface area (Å²) in [7, 11) is 1.71. The van der Waals surface area contributed by atoms with E-state index in [-0.39, 0.29) is 11.6 Å². The molecule has 1 amide bonds. The Bertz CT molecular complexity index is 491. The Labute approximate surface area is 120 Å². The molecule has 6 heteroatoms. The molecule has 0 radical (unpaired) electrons. The summed E-state index contributed by atoms with van der Waals surface area (Å²) in [5.74, 6) is 0.183. The molecule has 104 valence electrons. The smallest absolute Gasteiger partial charge is 0.270 e. The highest BCUT2D eigenvalue weighted by molar-refractivity contribution is 9.10. The van der Waals surface area contributed by atoms with Crippen molar-refractivity contribution in [2.24, 2.45) is 5.92 Å². The monoisotopic (exact) mass is 328 g/mol. The fraction of sp³-hybridized carbons (Fsp3) is 0.462. The minimum atomic E-state index is -0.502. The zero-order valence-corrected chi connectivity index (χ0v) is 12.8. The fourth-order valence-corrected chi connectivity index (χ4v) is 2.09. The first-order valence-corrected chi connectivity index (χ1v) is 6.85. The summed E-state index contributed by atoms with van der Waals surface area (Å²) in [5.41, 5.74) is 0.239. The van der Waals surface area contributed by atoms with Crippen molar-refractivity contribution in [3.05, 3.63) is 38.3 Å². The van der Waals surface area contributed by atoms with Gasteiger partial charge in [-0.05, 0) is 27.9 Å². The van der Waals surface area contributed by atoms with Gasteiger partial charge in [0.15, 0.2) is 0 Å². The summed E-state index contributed by atoms with van der Waals surface area (Å²) in [5, 5.41) is 10.7. The summed E-state index contributed by atoms with van der Waals surface area (Å²) >= 11 is 3.26. The molecule has 0 spiro atoms. The molecular weight excluding hydrogens is 312 g/mol. The maximum atomic E-state index is 12.3. The first kappa shape index (κ1) is 15.6. The minimum absolute atomic E-state index is 0.0801. The number of nitro groups is 1. The molecular formula is C13H17BrN2O3. The van der Waals surface area contributed by atoms with Crippen LogP contribution in [0.5, 0.6) is 0 Å². The third kappa shape index (κ3) is 4.02. The summed E-state index contributed by atoms with van der Waals surface area (Å²) in [6, 6.07) is 4.21. The number of nitrogens with zero attached hydrogens (tertiary/aromatic N) is 2. The number of carbonyl (C=O) groups excluding carboxylic acids is 1. The molecule has 0 heterocycles. The Balaban J connectivity index is 2.98. The van der Waals surface area contributed by atoms with Gasteiger partial charge >= 0.3 is 0 Å². The number of halogens is 1. The van der Waals surface area contributed by atoms with Gasteiger partial charge in [0.25, 0.3) is 11.6 Å². The van der Waals surface area contributed by atoms with E-state index in [2.05, 4.69) is 29.8 Å². The second kappa shape index (κ2) is 6.65. The molecule has 5 nitrogen and oxygen atoms in total. The summed E-state index contributed by atoms with van der Waals surface area (Å²) in [6.45, 7) is 4.75. The average molecular weight is 329 g/mol. The van der Waals surface area contributed by atoms with E-state index in [9.17, 15) is 14.9 Å². The Morgan fingerprint density at radius 3 is 2.68 bits per heavy atom. The van der Waals surface area contributed by atoms with Crippen LogP contribution in [-0.4, -0.2) is 29.3 Å². The van der Waals surface area contributed by atoms with Gasteiger partial charge in [-0.15, -0.1) is 0 Å². The molecule has 1 aromatic rings. The zero-order chi connectivity index (χ0) is 14.6. The highest BCUT2D eigenvalue weighted by atomic mass is 79.9. The van der Waals surface area contributed by atoms with Gasteiger partial charge in [-0.2, -0.15) is 0 Å². The largest absolute Gasteiger partial charge is 0.341 e. The Morgan fingerprint density at radius 2 is 2.16 bits per heavy atom. The second-order valence-corrected chi connectivity index (χ2v) is 5.47. The molecule has 0 aliphatic carbocycles. The molecule has 0 N–H and O–H groups in total. The summed E-state index contributed by atoms with van der Waals surface area (Å²) in [6.07, 6.45) is 0.980. The van der Waals surface area contributed by atoms with E-state index >= 15 is 0 Å². The summed E-state index contributed by atoms with van der Waals surface area (Å²) in [4.78, 5) is 24.1. The Morgan fingerprint density at radius 1 is 1.53 bits per heavy atom. The van der Waals surface area contributed by atoms with Gasteiger partial charge in [0, 0.05) is 30.2 Å². The number of hydrogen-bond acceptors (Lipinski definition) is 3. The third-order valence-corrected chi connectivity index (χ3v) is 3.71. The van der Waals surface area contributed by atoms with E-state index in [0.29, 0.717) is 22.5 Å². The fourth-order valence-electron chi connectivity index (χ4n) is 1.68. The van der Waals surface area contributed by atoms with Crippen LogP contribution in [0, 0.1) is 16.0 Å². The van der Waals surface area contributed by atoms with Gasteiger partial charge in [-0.3, -0.25) is 14.9 Å². The number of rotatable bonds is 5. The van der Waals surface area contributed by atoms with Gasteiger partial charge in [0.1, 0.15) is 0 Å². The molecule has 0 aliphatic heterocycles. The normalized spacial score (nSPS) is 12.0. The van der Waals surface area contributed by atoms with Crippen LogP contribution in [0.25, 0.3) is 0 Å². The van der Waals surface area contributed by atoms with Crippen LogP contribution in [-0.2, 0) is 0 Å². The highest BCUT2D eigenvalue weighted by Gasteiger charge is 2.19. The van der Waals surface area contributed by atoms with Crippen LogP contribution in [0.1, 0.15) is 30.6 Å². The molecule has 0 aliphatic rings. The van der Waals surface area contributed by atoms with Crippen LogP contribution in [0.2, 0.25) is 0 Å². The molecule has 0 saturated carbocycles. The number of hydrogen-bond donors (Lipinski definition) is 0. The van der Waals surface area contributed by atoms with Gasteiger partial charge in [0.2, 0.25) is 0 Å².